The molecule has 0 aromatic rings. The van der Waals surface area contributed by atoms with Gasteiger partial charge in [0.1, 0.15) is 12.2 Å². The van der Waals surface area contributed by atoms with Crippen LogP contribution in [0.25, 0.3) is 0 Å². The normalized spacial score (nSPS) is 27.6. The van der Waals surface area contributed by atoms with Crippen LogP contribution in [0.15, 0.2) is 23.3 Å². The number of rotatable bonds is 2. The molecule has 1 aliphatic rings. The highest BCUT2D eigenvalue weighted by molar-refractivity contribution is 5.47. The predicted molar refractivity (Wildman–Crippen MR) is 81.2 cm³/mol. The number of methoxy groups -OCH3 is 2. The first kappa shape index (κ1) is 16.9. The van der Waals surface area contributed by atoms with E-state index in [1.165, 1.54) is 5.57 Å². The Morgan fingerprint density at radius 2 is 1.65 bits per heavy atom. The molecule has 1 aliphatic carbocycles. The molecule has 0 radical (unpaired) electrons. The van der Waals surface area contributed by atoms with E-state index >= 15 is 0 Å². The molecule has 112 valence electrons. The summed E-state index contributed by atoms with van der Waals surface area (Å²) in [6.45, 7) is 12.8. The molecular weight excluding hydrogens is 250 g/mol. The van der Waals surface area contributed by atoms with Crippen LogP contribution in [0, 0.1) is 22.2 Å². The Hall–Kier alpha value is -1.11. The van der Waals surface area contributed by atoms with Gasteiger partial charge in [-0.1, -0.05) is 47.6 Å². The van der Waals surface area contributed by atoms with Gasteiger partial charge in [0.25, 0.3) is 0 Å². The van der Waals surface area contributed by atoms with Gasteiger partial charge in [0.2, 0.25) is 5.60 Å². The van der Waals surface area contributed by atoms with Crippen molar-refractivity contribution in [2.45, 2.75) is 53.2 Å². The van der Waals surface area contributed by atoms with Gasteiger partial charge in [-0.3, -0.25) is 0 Å². The van der Waals surface area contributed by atoms with Gasteiger partial charge in [-0.25, -0.2) is 0 Å². The van der Waals surface area contributed by atoms with Crippen LogP contribution in [0.2, 0.25) is 0 Å². The summed E-state index contributed by atoms with van der Waals surface area (Å²) in [5, 5.41) is 9.74. The molecule has 0 spiro atoms. The van der Waals surface area contributed by atoms with Crippen molar-refractivity contribution in [1.82, 2.24) is 0 Å². The van der Waals surface area contributed by atoms with E-state index in [0.29, 0.717) is 0 Å². The lowest BCUT2D eigenvalue weighted by Crippen LogP contribution is -2.50. The molecule has 1 rings (SSSR count). The molecule has 0 heterocycles. The zero-order valence-corrected chi connectivity index (χ0v) is 14.0. The zero-order valence-electron chi connectivity index (χ0n) is 14.0. The Morgan fingerprint density at radius 3 is 1.95 bits per heavy atom. The Balaban J connectivity index is 3.56. The van der Waals surface area contributed by atoms with Crippen LogP contribution in [0.1, 0.15) is 41.5 Å². The molecule has 20 heavy (non-hydrogen) atoms. The van der Waals surface area contributed by atoms with Crippen molar-refractivity contribution < 1.29 is 9.47 Å². The third-order valence-electron chi connectivity index (χ3n) is 3.85. The molecule has 0 amide bonds. The lowest BCUT2D eigenvalue weighted by molar-refractivity contribution is -0.0479. The highest BCUT2D eigenvalue weighted by Crippen LogP contribution is 2.45. The number of nitrogens with zero attached hydrogens (tertiary/aromatic N) is 1. The standard InChI is InChI=1S/C17H27NO2/c1-15(2,3)12-9-13(16(4,5)6)17(11-18,20-8)14(10-12)19-7/h9-10,14H,1-8H3. The molecule has 2 unspecified atom stereocenters. The van der Waals surface area contributed by atoms with Crippen LogP contribution < -0.4 is 0 Å². The molecule has 0 saturated heterocycles. The van der Waals surface area contributed by atoms with Crippen molar-refractivity contribution in [2.24, 2.45) is 10.8 Å². The minimum atomic E-state index is -1.05. The van der Waals surface area contributed by atoms with E-state index in [-0.39, 0.29) is 10.8 Å². The maximum atomic E-state index is 9.74. The fraction of sp³-hybridized carbons (Fsp3) is 0.706. The minimum Gasteiger partial charge on any atom is -0.373 e. The van der Waals surface area contributed by atoms with Crippen molar-refractivity contribution in [2.75, 3.05) is 14.2 Å². The number of ether oxygens (including phenoxy) is 2. The van der Waals surface area contributed by atoms with E-state index in [2.05, 4.69) is 53.7 Å². The quantitative estimate of drug-likeness (QED) is 0.769. The Labute approximate surface area is 123 Å². The van der Waals surface area contributed by atoms with E-state index in [4.69, 9.17) is 9.47 Å². The number of hydrogen-bond acceptors (Lipinski definition) is 3. The van der Waals surface area contributed by atoms with E-state index < -0.39 is 11.7 Å². The molecule has 3 nitrogen and oxygen atoms in total. The second-order valence-corrected chi connectivity index (χ2v) is 7.39. The van der Waals surface area contributed by atoms with E-state index in [0.717, 1.165) is 5.57 Å². The fourth-order valence-corrected chi connectivity index (χ4v) is 2.61. The lowest BCUT2D eigenvalue weighted by Gasteiger charge is -2.43. The first-order valence-electron chi connectivity index (χ1n) is 6.97. The third kappa shape index (κ3) is 2.82. The van der Waals surface area contributed by atoms with Crippen molar-refractivity contribution in [1.29, 1.82) is 5.26 Å². The molecule has 2 atom stereocenters. The second kappa shape index (κ2) is 5.35. The van der Waals surface area contributed by atoms with Crippen molar-refractivity contribution in [3.05, 3.63) is 23.3 Å². The molecule has 0 bridgehead atoms. The van der Waals surface area contributed by atoms with Crippen molar-refractivity contribution in [3.63, 3.8) is 0 Å². The van der Waals surface area contributed by atoms with Gasteiger partial charge >= 0.3 is 0 Å². The summed E-state index contributed by atoms with van der Waals surface area (Å²) in [5.74, 6) is 0. The number of allylic oxidation sites excluding steroid dienone is 2. The first-order chi connectivity index (χ1) is 9.02. The summed E-state index contributed by atoms with van der Waals surface area (Å²) in [6, 6.07) is 2.34. The van der Waals surface area contributed by atoms with Gasteiger partial charge in [0.15, 0.2) is 0 Å². The van der Waals surface area contributed by atoms with Gasteiger partial charge in [-0.05, 0) is 28.1 Å². The van der Waals surface area contributed by atoms with Crippen molar-refractivity contribution >= 4 is 0 Å². The molecule has 0 aliphatic heterocycles. The number of hydrogen-bond donors (Lipinski definition) is 0. The van der Waals surface area contributed by atoms with Crippen LogP contribution in [0.3, 0.4) is 0 Å². The average Bonchev–Trinajstić information content (AvgIpc) is 2.34. The van der Waals surface area contributed by atoms with Gasteiger partial charge < -0.3 is 9.47 Å². The Kier molecular flexibility index (Phi) is 4.53. The maximum absolute atomic E-state index is 9.74. The van der Waals surface area contributed by atoms with Gasteiger partial charge in [0.05, 0.1) is 0 Å². The van der Waals surface area contributed by atoms with Crippen LogP contribution >= 0.6 is 0 Å². The van der Waals surface area contributed by atoms with Crippen LogP contribution in [0.4, 0.5) is 0 Å². The largest absolute Gasteiger partial charge is 0.373 e. The minimum absolute atomic E-state index is 0.00262. The molecule has 3 heteroatoms. The zero-order chi connectivity index (χ0) is 15.8. The Morgan fingerprint density at radius 1 is 1.10 bits per heavy atom. The lowest BCUT2D eigenvalue weighted by atomic mass is 9.67. The highest BCUT2D eigenvalue weighted by atomic mass is 16.5. The SMILES string of the molecule is COC1C=C(C(C)(C)C)C=C(C(C)(C)C)C1(C#N)OC. The average molecular weight is 277 g/mol. The van der Waals surface area contributed by atoms with Gasteiger partial charge in [0, 0.05) is 14.2 Å². The second-order valence-electron chi connectivity index (χ2n) is 7.39. The van der Waals surface area contributed by atoms with Crippen LogP contribution in [-0.4, -0.2) is 25.9 Å². The molecule has 0 saturated carbocycles. The smallest absolute Gasteiger partial charge is 0.205 e. The van der Waals surface area contributed by atoms with Gasteiger partial charge in [-0.2, -0.15) is 5.26 Å². The molecule has 0 aromatic carbocycles. The topological polar surface area (TPSA) is 42.2 Å². The monoisotopic (exact) mass is 277 g/mol. The summed E-state index contributed by atoms with van der Waals surface area (Å²) >= 11 is 0. The summed E-state index contributed by atoms with van der Waals surface area (Å²) in [7, 11) is 3.20. The maximum Gasteiger partial charge on any atom is 0.205 e. The fourth-order valence-electron chi connectivity index (χ4n) is 2.61. The third-order valence-corrected chi connectivity index (χ3v) is 3.85. The number of nitriles is 1. The van der Waals surface area contributed by atoms with Gasteiger partial charge in [-0.15, -0.1) is 0 Å². The summed E-state index contributed by atoms with van der Waals surface area (Å²) in [6.07, 6.45) is 3.73. The van der Waals surface area contributed by atoms with E-state index in [9.17, 15) is 5.26 Å². The summed E-state index contributed by atoms with van der Waals surface area (Å²) < 4.78 is 11.2. The molecule has 0 fully saturated rings. The van der Waals surface area contributed by atoms with Crippen LogP contribution in [-0.2, 0) is 9.47 Å². The molecule has 0 aromatic heterocycles. The predicted octanol–water partition coefficient (Wildman–Crippen LogP) is 3.87. The summed E-state index contributed by atoms with van der Waals surface area (Å²) in [5.41, 5.74) is 0.920. The van der Waals surface area contributed by atoms with Crippen molar-refractivity contribution in [3.8, 4) is 6.07 Å². The summed E-state index contributed by atoms with van der Waals surface area (Å²) in [4.78, 5) is 0. The molecular formula is C17H27NO2. The van der Waals surface area contributed by atoms with E-state index in [1.54, 1.807) is 14.2 Å². The molecule has 0 N–H and O–H groups in total. The van der Waals surface area contributed by atoms with Crippen LogP contribution in [0.5, 0.6) is 0 Å². The first-order valence-corrected chi connectivity index (χ1v) is 6.97. The van der Waals surface area contributed by atoms with E-state index in [1.807, 2.05) is 6.08 Å². The Bertz CT molecular complexity index is 469. The highest BCUT2D eigenvalue weighted by Gasteiger charge is 2.49.